The summed E-state index contributed by atoms with van der Waals surface area (Å²) in [6.07, 6.45) is 0.692. The highest BCUT2D eigenvalue weighted by Gasteiger charge is 2.23. The van der Waals surface area contributed by atoms with E-state index < -0.39 is 15.9 Å². The van der Waals surface area contributed by atoms with Gasteiger partial charge in [0.15, 0.2) is 0 Å². The van der Waals surface area contributed by atoms with Crippen LogP contribution in [0.1, 0.15) is 40.3 Å². The molecule has 1 amide bonds. The van der Waals surface area contributed by atoms with E-state index in [0.29, 0.717) is 6.42 Å². The van der Waals surface area contributed by atoms with Crippen LogP contribution in [0.4, 0.5) is 0 Å². The summed E-state index contributed by atoms with van der Waals surface area (Å²) >= 11 is 0. The van der Waals surface area contributed by atoms with Gasteiger partial charge in [0.1, 0.15) is 5.82 Å². The first-order valence-electron chi connectivity index (χ1n) is 11.1. The minimum Gasteiger partial charge on any atom is -0.384 e. The number of hydrogen-bond donors (Lipinski definition) is 1. The van der Waals surface area contributed by atoms with Crippen LogP contribution in [0.5, 0.6) is 0 Å². The number of carbonyl (C=O) groups excluding carboxylic acids is 1. The number of rotatable bonds is 9. The van der Waals surface area contributed by atoms with Crippen molar-refractivity contribution in [3.8, 4) is 0 Å². The number of nitrogens with one attached hydrogen (secondary N) is 1. The first-order chi connectivity index (χ1) is 16.4. The average molecular weight is 478 g/mol. The highest BCUT2D eigenvalue weighted by molar-refractivity contribution is 7.90. The van der Waals surface area contributed by atoms with E-state index in [9.17, 15) is 13.2 Å². The van der Waals surface area contributed by atoms with Crippen molar-refractivity contribution in [2.75, 3.05) is 19.5 Å². The van der Waals surface area contributed by atoms with Crippen LogP contribution in [0, 0.1) is 0 Å². The van der Waals surface area contributed by atoms with Crippen LogP contribution in [0.2, 0.25) is 0 Å². The van der Waals surface area contributed by atoms with Gasteiger partial charge in [-0.3, -0.25) is 4.79 Å². The molecule has 4 aromatic rings. The Morgan fingerprint density at radius 2 is 1.62 bits per heavy atom. The third-order valence-corrected chi connectivity index (χ3v) is 6.83. The minimum atomic E-state index is -3.80. The Morgan fingerprint density at radius 3 is 2.18 bits per heavy atom. The van der Waals surface area contributed by atoms with Crippen LogP contribution in [0.15, 0.2) is 78.9 Å². The third kappa shape index (κ3) is 5.03. The molecule has 34 heavy (non-hydrogen) atoms. The maximum absolute atomic E-state index is 12.8. The Balaban J connectivity index is 1.84. The van der Waals surface area contributed by atoms with Crippen molar-refractivity contribution in [1.29, 1.82) is 0 Å². The van der Waals surface area contributed by atoms with Crippen molar-refractivity contribution in [2.24, 2.45) is 0 Å². The van der Waals surface area contributed by atoms with Crippen molar-refractivity contribution in [2.45, 2.75) is 19.4 Å². The van der Waals surface area contributed by atoms with E-state index in [1.807, 2.05) is 43.3 Å². The fourth-order valence-corrected chi connectivity index (χ4v) is 4.92. The van der Waals surface area contributed by atoms with Crippen molar-refractivity contribution in [1.82, 2.24) is 14.3 Å². The van der Waals surface area contributed by atoms with Crippen molar-refractivity contribution >= 4 is 27.0 Å². The second kappa shape index (κ2) is 10.2. The Kier molecular flexibility index (Phi) is 7.09. The fourth-order valence-electron chi connectivity index (χ4n) is 4.03. The lowest BCUT2D eigenvalue weighted by Crippen LogP contribution is -2.33. The van der Waals surface area contributed by atoms with Gasteiger partial charge in [0.2, 0.25) is 10.0 Å². The van der Waals surface area contributed by atoms with Gasteiger partial charge >= 0.3 is 0 Å². The molecule has 0 bridgehead atoms. The zero-order valence-corrected chi connectivity index (χ0v) is 20.0. The summed E-state index contributed by atoms with van der Waals surface area (Å²) in [5.41, 5.74) is 3.92. The molecule has 0 aliphatic heterocycles. The molecule has 1 aromatic heterocycles. The van der Waals surface area contributed by atoms with Crippen molar-refractivity contribution < 1.29 is 17.9 Å². The molecular weight excluding hydrogens is 450 g/mol. The summed E-state index contributed by atoms with van der Waals surface area (Å²) in [4.78, 5) is 17.6. The number of imidazole rings is 1. The van der Waals surface area contributed by atoms with Gasteiger partial charge in [0.25, 0.3) is 5.91 Å². The van der Waals surface area contributed by atoms with E-state index in [1.165, 1.54) is 7.11 Å². The van der Waals surface area contributed by atoms with Crippen LogP contribution in [-0.4, -0.2) is 43.3 Å². The molecule has 176 valence electrons. The Hall–Kier alpha value is -3.49. The molecule has 3 aromatic carbocycles. The smallest absolute Gasteiger partial charge is 0.264 e. The standard InChI is InChI=1S/C26H27N3O4S/c1-3-24-27-22-15-14-21(26(30)28-34(31,32)17-16-33-2)18-23(22)29(24)25(19-10-6-4-7-11-19)20-12-8-5-9-13-20/h4-15,18,25H,3,16-17H2,1-2H3,(H,28,30). The zero-order chi connectivity index (χ0) is 24.1. The van der Waals surface area contributed by atoms with E-state index in [4.69, 9.17) is 9.72 Å². The summed E-state index contributed by atoms with van der Waals surface area (Å²) < 4.78 is 33.5. The zero-order valence-electron chi connectivity index (χ0n) is 19.1. The number of fused-ring (bicyclic) bond motifs is 1. The summed E-state index contributed by atoms with van der Waals surface area (Å²) in [5, 5.41) is 0. The molecule has 7 nitrogen and oxygen atoms in total. The topological polar surface area (TPSA) is 90.3 Å². The van der Waals surface area contributed by atoms with E-state index in [-0.39, 0.29) is 24.0 Å². The minimum absolute atomic E-state index is 0.00408. The molecule has 0 aliphatic carbocycles. The molecule has 0 fully saturated rings. The summed E-state index contributed by atoms with van der Waals surface area (Å²) in [6.45, 7) is 2.05. The van der Waals surface area contributed by atoms with Gasteiger partial charge in [-0.25, -0.2) is 18.1 Å². The van der Waals surface area contributed by atoms with Gasteiger partial charge in [0, 0.05) is 19.1 Å². The third-order valence-electron chi connectivity index (χ3n) is 5.63. The Bertz CT molecular complexity index is 1340. The molecule has 1 heterocycles. The van der Waals surface area contributed by atoms with Gasteiger partial charge in [-0.2, -0.15) is 0 Å². The predicted octanol–water partition coefficient (Wildman–Crippen LogP) is 3.94. The molecule has 8 heteroatoms. The molecule has 0 radical (unpaired) electrons. The van der Waals surface area contributed by atoms with Crippen LogP contribution in [0.3, 0.4) is 0 Å². The fraction of sp³-hybridized carbons (Fsp3) is 0.231. The quantitative estimate of drug-likeness (QED) is 0.394. The number of carbonyl (C=O) groups is 1. The first-order valence-corrected chi connectivity index (χ1v) is 12.7. The normalized spacial score (nSPS) is 11.7. The lowest BCUT2D eigenvalue weighted by molar-refractivity contribution is 0.0981. The second-order valence-corrected chi connectivity index (χ2v) is 9.76. The number of amides is 1. The highest BCUT2D eigenvalue weighted by atomic mass is 32.2. The number of hydrogen-bond acceptors (Lipinski definition) is 5. The maximum atomic E-state index is 12.8. The molecule has 0 aliphatic rings. The Labute approximate surface area is 199 Å². The molecule has 0 saturated carbocycles. The molecule has 0 saturated heterocycles. The van der Waals surface area contributed by atoms with Gasteiger partial charge < -0.3 is 9.30 Å². The van der Waals surface area contributed by atoms with Crippen molar-refractivity contribution in [3.05, 3.63) is 101 Å². The van der Waals surface area contributed by atoms with Gasteiger partial charge in [-0.1, -0.05) is 67.6 Å². The summed E-state index contributed by atoms with van der Waals surface area (Å²) in [6, 6.07) is 25.1. The van der Waals surface area contributed by atoms with Crippen LogP contribution in [-0.2, 0) is 21.2 Å². The molecule has 1 N–H and O–H groups in total. The number of aryl methyl sites for hydroxylation is 1. The number of aromatic nitrogens is 2. The predicted molar refractivity (Wildman–Crippen MR) is 132 cm³/mol. The maximum Gasteiger partial charge on any atom is 0.264 e. The molecule has 0 unspecified atom stereocenters. The van der Waals surface area contributed by atoms with E-state index in [1.54, 1.807) is 18.2 Å². The SMILES string of the molecule is CCc1nc2ccc(C(=O)NS(=O)(=O)CCOC)cc2n1C(c1ccccc1)c1ccccc1. The summed E-state index contributed by atoms with van der Waals surface area (Å²) in [5.74, 6) is -0.0998. The monoisotopic (exact) mass is 477 g/mol. The van der Waals surface area contributed by atoms with Gasteiger partial charge in [0.05, 0.1) is 29.4 Å². The van der Waals surface area contributed by atoms with E-state index in [2.05, 4.69) is 33.6 Å². The average Bonchev–Trinajstić information content (AvgIpc) is 3.22. The summed E-state index contributed by atoms with van der Waals surface area (Å²) in [7, 11) is -2.39. The molecule has 0 spiro atoms. The van der Waals surface area contributed by atoms with Gasteiger partial charge in [-0.15, -0.1) is 0 Å². The largest absolute Gasteiger partial charge is 0.384 e. The highest BCUT2D eigenvalue weighted by Crippen LogP contribution is 2.32. The molecule has 4 rings (SSSR count). The molecule has 0 atom stereocenters. The number of ether oxygens (including phenoxy) is 1. The number of methoxy groups -OCH3 is 1. The van der Waals surface area contributed by atoms with Crippen LogP contribution in [0.25, 0.3) is 11.0 Å². The molecular formula is C26H27N3O4S. The lowest BCUT2D eigenvalue weighted by Gasteiger charge is -2.23. The van der Waals surface area contributed by atoms with Crippen molar-refractivity contribution in [3.63, 3.8) is 0 Å². The van der Waals surface area contributed by atoms with Crippen LogP contribution >= 0.6 is 0 Å². The van der Waals surface area contributed by atoms with Crippen LogP contribution < -0.4 is 4.72 Å². The van der Waals surface area contributed by atoms with E-state index >= 15 is 0 Å². The number of sulfonamides is 1. The first kappa shape index (κ1) is 23.7. The Morgan fingerprint density at radius 1 is 1.00 bits per heavy atom. The number of benzene rings is 3. The van der Waals surface area contributed by atoms with E-state index in [0.717, 1.165) is 28.0 Å². The second-order valence-electron chi connectivity index (χ2n) is 7.92. The lowest BCUT2D eigenvalue weighted by atomic mass is 9.98. The number of nitrogens with zero attached hydrogens (tertiary/aromatic N) is 2. The van der Waals surface area contributed by atoms with Gasteiger partial charge in [-0.05, 0) is 29.3 Å².